The second-order valence-corrected chi connectivity index (χ2v) is 17.0. The highest BCUT2D eigenvalue weighted by molar-refractivity contribution is 6.26. The molecule has 2 aliphatic carbocycles. The molecule has 0 spiro atoms. The first-order chi connectivity index (χ1) is 26.8. The molecular formula is C53H42O2. The first kappa shape index (κ1) is 32.6. The molecule has 0 aliphatic heterocycles. The van der Waals surface area contributed by atoms with E-state index in [1.807, 2.05) is 0 Å². The van der Waals surface area contributed by atoms with Crippen molar-refractivity contribution in [2.45, 2.75) is 44.4 Å². The molecule has 55 heavy (non-hydrogen) atoms. The molecule has 0 fully saturated rings. The number of aliphatic hydroxyl groups is 2. The summed E-state index contributed by atoms with van der Waals surface area (Å²) in [5.41, 5.74) is 15.3. The molecule has 2 aliphatic rings. The molecule has 1 unspecified atom stereocenters. The monoisotopic (exact) mass is 710 g/mol. The largest absolute Gasteiger partial charge is 0.396 e. The Morgan fingerprint density at radius 3 is 1.62 bits per heavy atom. The van der Waals surface area contributed by atoms with Crippen molar-refractivity contribution in [3.63, 3.8) is 0 Å². The molecule has 9 aromatic carbocycles. The maximum absolute atomic E-state index is 11.6. The third-order valence-corrected chi connectivity index (χ3v) is 13.0. The maximum atomic E-state index is 11.6. The lowest BCUT2D eigenvalue weighted by Gasteiger charge is -2.30. The van der Waals surface area contributed by atoms with E-state index in [0.717, 1.165) is 22.3 Å². The Bertz CT molecular complexity index is 3000. The van der Waals surface area contributed by atoms with Gasteiger partial charge in [0.05, 0.1) is 6.61 Å². The molecular weight excluding hydrogens is 669 g/mol. The van der Waals surface area contributed by atoms with E-state index in [2.05, 4.69) is 160 Å². The summed E-state index contributed by atoms with van der Waals surface area (Å²) in [6, 6.07) is 52.1. The summed E-state index contributed by atoms with van der Waals surface area (Å²) in [5, 5.41) is 32.0. The quantitative estimate of drug-likeness (QED) is 0.169. The number of rotatable bonds is 6. The summed E-state index contributed by atoms with van der Waals surface area (Å²) in [7, 11) is 0. The first-order valence-electron chi connectivity index (χ1n) is 19.7. The SMILES string of the molecule is CC(C)(C)c1cc2ccc3ccc(-c4ccc5c(c4)C(CO)(CCCO)c4cc(-c6ccc7c8c(cccc68)-c6ccccc6-7)ccc4-5)c4ccc(c1)c2c34. The summed E-state index contributed by atoms with van der Waals surface area (Å²) in [5.74, 6) is 0. The Balaban J connectivity index is 1.07. The Hall–Kier alpha value is -5.80. The molecule has 9 aromatic rings. The van der Waals surface area contributed by atoms with Crippen LogP contribution in [0.4, 0.5) is 0 Å². The van der Waals surface area contributed by atoms with E-state index in [1.165, 1.54) is 93.2 Å². The molecule has 0 radical (unpaired) electrons. The van der Waals surface area contributed by atoms with Crippen molar-refractivity contribution in [2.75, 3.05) is 13.2 Å². The predicted octanol–water partition coefficient (Wildman–Crippen LogP) is 13.0. The summed E-state index contributed by atoms with van der Waals surface area (Å²) in [4.78, 5) is 0. The van der Waals surface area contributed by atoms with Crippen molar-refractivity contribution >= 4 is 43.1 Å². The Kier molecular flexibility index (Phi) is 6.88. The average molecular weight is 711 g/mol. The van der Waals surface area contributed by atoms with Crippen LogP contribution in [0.25, 0.3) is 98.7 Å². The molecule has 2 nitrogen and oxygen atoms in total. The van der Waals surface area contributed by atoms with Gasteiger partial charge in [-0.25, -0.2) is 0 Å². The third-order valence-electron chi connectivity index (χ3n) is 13.0. The second kappa shape index (κ2) is 11.6. The van der Waals surface area contributed by atoms with Crippen LogP contribution in [0.1, 0.15) is 50.3 Å². The zero-order valence-electron chi connectivity index (χ0n) is 31.5. The van der Waals surface area contributed by atoms with Crippen LogP contribution in [0.3, 0.4) is 0 Å². The molecule has 0 saturated heterocycles. The van der Waals surface area contributed by atoms with Crippen molar-refractivity contribution in [3.05, 3.63) is 156 Å². The minimum atomic E-state index is -0.641. The van der Waals surface area contributed by atoms with Crippen molar-refractivity contribution in [1.82, 2.24) is 0 Å². The number of hydrogen-bond donors (Lipinski definition) is 2. The first-order valence-corrected chi connectivity index (χ1v) is 19.7. The lowest BCUT2D eigenvalue weighted by molar-refractivity contribution is 0.197. The Morgan fingerprint density at radius 2 is 0.982 bits per heavy atom. The van der Waals surface area contributed by atoms with E-state index >= 15 is 0 Å². The highest BCUT2D eigenvalue weighted by Crippen LogP contribution is 2.55. The van der Waals surface area contributed by atoms with Gasteiger partial charge in [-0.2, -0.15) is 0 Å². The van der Waals surface area contributed by atoms with Gasteiger partial charge in [-0.3, -0.25) is 0 Å². The van der Waals surface area contributed by atoms with Crippen molar-refractivity contribution < 1.29 is 10.2 Å². The molecule has 0 saturated carbocycles. The fraction of sp³-hybridized carbons (Fsp3) is 0.170. The van der Waals surface area contributed by atoms with E-state index in [0.29, 0.717) is 12.8 Å². The molecule has 2 N–H and O–H groups in total. The molecule has 266 valence electrons. The lowest BCUT2D eigenvalue weighted by atomic mass is 9.74. The summed E-state index contributed by atoms with van der Waals surface area (Å²) in [6.45, 7) is 6.89. The summed E-state index contributed by atoms with van der Waals surface area (Å²) in [6.07, 6.45) is 1.25. The highest BCUT2D eigenvalue weighted by Gasteiger charge is 2.43. The van der Waals surface area contributed by atoms with Crippen LogP contribution in [-0.2, 0) is 10.8 Å². The van der Waals surface area contributed by atoms with Crippen molar-refractivity contribution in [3.8, 4) is 55.6 Å². The molecule has 0 amide bonds. The predicted molar refractivity (Wildman–Crippen MR) is 231 cm³/mol. The fourth-order valence-electron chi connectivity index (χ4n) is 10.3. The zero-order chi connectivity index (χ0) is 37.2. The standard InChI is InChI=1S/C53H42O2/c1-52(2,3)36-26-34-13-12-31-14-18-37(45-21-17-35(27-36)49(34)50(31)45)32-15-19-41-42-20-16-33(29-48(42)53(30-55,24-7-25-54)47(41)28-32)38-22-23-46-40-9-5-4-8-39(40)44-11-6-10-43(38)51(44)46/h4-6,8-23,26-29,54-55H,7,24-25,30H2,1-3H3. The Labute approximate surface area is 321 Å². The van der Waals surface area contributed by atoms with Gasteiger partial charge in [0.1, 0.15) is 0 Å². The normalized spacial score (nSPS) is 15.7. The maximum Gasteiger partial charge on any atom is 0.0569 e. The van der Waals surface area contributed by atoms with Gasteiger partial charge in [0, 0.05) is 12.0 Å². The third kappa shape index (κ3) is 4.50. The molecule has 1 atom stereocenters. The average Bonchev–Trinajstić information content (AvgIpc) is 3.68. The number of aliphatic hydroxyl groups excluding tert-OH is 2. The molecule has 0 heterocycles. The fourth-order valence-corrected chi connectivity index (χ4v) is 10.3. The molecule has 2 heteroatoms. The van der Waals surface area contributed by atoms with E-state index in [9.17, 15) is 10.2 Å². The van der Waals surface area contributed by atoms with Gasteiger partial charge in [-0.15, -0.1) is 0 Å². The van der Waals surface area contributed by atoms with Gasteiger partial charge >= 0.3 is 0 Å². The Morgan fingerprint density at radius 1 is 0.455 bits per heavy atom. The van der Waals surface area contributed by atoms with Crippen LogP contribution >= 0.6 is 0 Å². The van der Waals surface area contributed by atoms with E-state index in [1.54, 1.807) is 0 Å². The number of hydrogen-bond acceptors (Lipinski definition) is 2. The molecule has 0 bridgehead atoms. The molecule has 11 rings (SSSR count). The number of benzene rings is 9. The smallest absolute Gasteiger partial charge is 0.0569 e. The van der Waals surface area contributed by atoms with E-state index < -0.39 is 5.41 Å². The minimum Gasteiger partial charge on any atom is -0.396 e. The van der Waals surface area contributed by atoms with Gasteiger partial charge in [-0.1, -0.05) is 148 Å². The van der Waals surface area contributed by atoms with Crippen LogP contribution in [0.2, 0.25) is 0 Å². The van der Waals surface area contributed by atoms with Crippen LogP contribution in [0, 0.1) is 0 Å². The van der Waals surface area contributed by atoms with Gasteiger partial charge in [-0.05, 0) is 146 Å². The van der Waals surface area contributed by atoms with Gasteiger partial charge < -0.3 is 10.2 Å². The van der Waals surface area contributed by atoms with E-state index in [-0.39, 0.29) is 18.6 Å². The van der Waals surface area contributed by atoms with Crippen LogP contribution < -0.4 is 0 Å². The number of fused-ring (bicyclic) bond motifs is 6. The van der Waals surface area contributed by atoms with Crippen molar-refractivity contribution in [1.29, 1.82) is 0 Å². The summed E-state index contributed by atoms with van der Waals surface area (Å²) < 4.78 is 0. The van der Waals surface area contributed by atoms with Gasteiger partial charge in [0.2, 0.25) is 0 Å². The zero-order valence-corrected chi connectivity index (χ0v) is 31.5. The minimum absolute atomic E-state index is 0.0341. The van der Waals surface area contributed by atoms with Crippen LogP contribution in [0.15, 0.2) is 140 Å². The van der Waals surface area contributed by atoms with Gasteiger partial charge in [0.15, 0.2) is 0 Å². The van der Waals surface area contributed by atoms with E-state index in [4.69, 9.17) is 0 Å². The second-order valence-electron chi connectivity index (χ2n) is 17.0. The van der Waals surface area contributed by atoms with Crippen molar-refractivity contribution in [2.24, 2.45) is 0 Å². The molecule has 0 aromatic heterocycles. The topological polar surface area (TPSA) is 40.5 Å². The lowest BCUT2D eigenvalue weighted by Crippen LogP contribution is -2.30. The van der Waals surface area contributed by atoms with Crippen LogP contribution in [0.5, 0.6) is 0 Å². The highest BCUT2D eigenvalue weighted by atomic mass is 16.3. The van der Waals surface area contributed by atoms with Crippen LogP contribution in [-0.4, -0.2) is 23.4 Å². The summed E-state index contributed by atoms with van der Waals surface area (Å²) >= 11 is 0. The van der Waals surface area contributed by atoms with Gasteiger partial charge in [0.25, 0.3) is 0 Å².